The van der Waals surface area contributed by atoms with Crippen LogP contribution in [0.3, 0.4) is 0 Å². The lowest BCUT2D eigenvalue weighted by Gasteiger charge is -2.04. The summed E-state index contributed by atoms with van der Waals surface area (Å²) in [5.41, 5.74) is 0. The van der Waals surface area contributed by atoms with Gasteiger partial charge in [0.2, 0.25) is 0 Å². The van der Waals surface area contributed by atoms with Gasteiger partial charge in [-0.1, -0.05) is 13.2 Å². The van der Waals surface area contributed by atoms with Gasteiger partial charge in [-0.15, -0.1) is 0 Å². The van der Waals surface area contributed by atoms with Crippen molar-refractivity contribution < 1.29 is 9.47 Å². The molecule has 0 aliphatic rings. The van der Waals surface area contributed by atoms with Gasteiger partial charge in [0.1, 0.15) is 11.6 Å². The van der Waals surface area contributed by atoms with Crippen LogP contribution in [-0.4, -0.2) is 10.2 Å². The number of allylic oxidation sites excluding steroid dienone is 2. The molecule has 0 saturated heterocycles. The molecule has 62 valence electrons. The first-order chi connectivity index (χ1) is 5.02. The molecule has 0 heterocycles. The van der Waals surface area contributed by atoms with Crippen molar-refractivity contribution in [2.24, 2.45) is 0 Å². The zero-order valence-corrected chi connectivity index (χ0v) is 9.31. The van der Waals surface area contributed by atoms with E-state index >= 15 is 0 Å². The fourth-order valence-electron chi connectivity index (χ4n) is 0.482. The van der Waals surface area contributed by atoms with E-state index in [4.69, 9.17) is 9.47 Å². The first-order valence-electron chi connectivity index (χ1n) is 3.34. The van der Waals surface area contributed by atoms with Crippen molar-refractivity contribution in [2.45, 2.75) is 13.8 Å². The maximum absolute atomic E-state index is 5.16. The monoisotopic (exact) mass is 170 g/mol. The number of hydrogen-bond donors (Lipinski definition) is 0. The second kappa shape index (κ2) is 4.79. The largest absolute Gasteiger partial charge is 0.470 e. The summed E-state index contributed by atoms with van der Waals surface area (Å²) in [4.78, 5) is 0. The van der Waals surface area contributed by atoms with Crippen molar-refractivity contribution in [2.75, 3.05) is 0 Å². The van der Waals surface area contributed by atoms with Crippen molar-refractivity contribution in [3.63, 3.8) is 0 Å². The van der Waals surface area contributed by atoms with E-state index in [0.29, 0.717) is 11.5 Å². The molecule has 3 heteroatoms. The highest BCUT2D eigenvalue weighted by Crippen LogP contribution is 2.01. The van der Waals surface area contributed by atoms with E-state index in [1.165, 1.54) is 0 Å². The molecule has 0 spiro atoms. The van der Waals surface area contributed by atoms with E-state index < -0.39 is 0 Å². The Morgan fingerprint density at radius 2 is 1.82 bits per heavy atom. The summed E-state index contributed by atoms with van der Waals surface area (Å²) in [6.07, 6.45) is 1.56. The number of hydrogen-bond acceptors (Lipinski definition) is 2. The number of ether oxygens (including phenoxy) is 2. The average molecular weight is 170 g/mol. The SMILES string of the molecule is C=C(C)OC=C([SiH3])OC(=C)C. The molecule has 0 N–H and O–H groups in total. The highest BCUT2D eigenvalue weighted by molar-refractivity contribution is 6.20. The Labute approximate surface area is 70.6 Å². The Bertz CT molecular complexity index is 194. The third-order valence-electron chi connectivity index (χ3n) is 0.761. The van der Waals surface area contributed by atoms with Gasteiger partial charge >= 0.3 is 0 Å². The Hall–Kier alpha value is -0.963. The van der Waals surface area contributed by atoms with Gasteiger partial charge in [0.15, 0.2) is 0 Å². The van der Waals surface area contributed by atoms with Crippen LogP contribution in [-0.2, 0) is 9.47 Å². The van der Waals surface area contributed by atoms with E-state index in [-0.39, 0.29) is 0 Å². The lowest BCUT2D eigenvalue weighted by Crippen LogP contribution is -1.89. The summed E-state index contributed by atoms with van der Waals surface area (Å²) in [6.45, 7) is 10.8. The van der Waals surface area contributed by atoms with Gasteiger partial charge in [-0.2, -0.15) is 0 Å². The first-order valence-corrected chi connectivity index (χ1v) is 4.34. The molecule has 0 amide bonds. The summed E-state index contributed by atoms with van der Waals surface area (Å²) in [6, 6.07) is 0. The summed E-state index contributed by atoms with van der Waals surface area (Å²) >= 11 is 0. The molecule has 0 aliphatic heterocycles. The average Bonchev–Trinajstić information content (AvgIpc) is 1.82. The van der Waals surface area contributed by atoms with Gasteiger partial charge in [0.05, 0.1) is 21.8 Å². The first kappa shape index (κ1) is 10.0. The van der Waals surface area contributed by atoms with Crippen LogP contribution < -0.4 is 0 Å². The Morgan fingerprint density at radius 3 is 2.18 bits per heavy atom. The maximum atomic E-state index is 5.16. The maximum Gasteiger partial charge on any atom is 0.123 e. The Kier molecular flexibility index (Phi) is 4.37. The van der Waals surface area contributed by atoms with Gasteiger partial charge in [0, 0.05) is 0 Å². The standard InChI is InChI=1S/C8H14O2Si/c1-6(2)9-5-8(11)10-7(3)4/h5H,1,3H2,2,4,11H3. The fraction of sp³-hybridized carbons (Fsp3) is 0.250. The molecule has 0 aromatic rings. The molecule has 0 aliphatic carbocycles. The normalized spacial score (nSPS) is 10.9. The van der Waals surface area contributed by atoms with Crippen LogP contribution in [0.1, 0.15) is 13.8 Å². The van der Waals surface area contributed by atoms with E-state index in [2.05, 4.69) is 13.2 Å². The molecule has 0 atom stereocenters. The molecule has 11 heavy (non-hydrogen) atoms. The van der Waals surface area contributed by atoms with Crippen molar-refractivity contribution in [3.8, 4) is 0 Å². The molecule has 0 bridgehead atoms. The van der Waals surface area contributed by atoms with Crippen molar-refractivity contribution in [1.82, 2.24) is 0 Å². The molecule has 0 unspecified atom stereocenters. The van der Waals surface area contributed by atoms with Crippen LogP contribution in [0.5, 0.6) is 0 Å². The third-order valence-corrected chi connectivity index (χ3v) is 1.20. The minimum Gasteiger partial charge on any atom is -0.470 e. The van der Waals surface area contributed by atoms with Crippen LogP contribution in [0.2, 0.25) is 0 Å². The van der Waals surface area contributed by atoms with Crippen LogP contribution in [0.25, 0.3) is 0 Å². The fourth-order valence-corrected chi connectivity index (χ4v) is 0.949. The summed E-state index contributed by atoms with van der Waals surface area (Å²) < 4.78 is 10.2. The smallest absolute Gasteiger partial charge is 0.123 e. The van der Waals surface area contributed by atoms with E-state index in [0.717, 1.165) is 15.6 Å². The quantitative estimate of drug-likeness (QED) is 0.467. The number of rotatable bonds is 4. The van der Waals surface area contributed by atoms with Gasteiger partial charge in [0.25, 0.3) is 0 Å². The highest BCUT2D eigenvalue weighted by Gasteiger charge is 1.89. The van der Waals surface area contributed by atoms with Crippen LogP contribution in [0.4, 0.5) is 0 Å². The predicted molar refractivity (Wildman–Crippen MR) is 49.8 cm³/mol. The van der Waals surface area contributed by atoms with Gasteiger partial charge < -0.3 is 9.47 Å². The Balaban J connectivity index is 3.81. The zero-order chi connectivity index (χ0) is 8.85. The topological polar surface area (TPSA) is 18.5 Å². The van der Waals surface area contributed by atoms with Crippen molar-refractivity contribution >= 4 is 10.2 Å². The van der Waals surface area contributed by atoms with Crippen LogP contribution in [0.15, 0.2) is 36.3 Å². The zero-order valence-electron chi connectivity index (χ0n) is 7.31. The highest BCUT2D eigenvalue weighted by atomic mass is 28.1. The van der Waals surface area contributed by atoms with E-state index in [1.807, 2.05) is 0 Å². The van der Waals surface area contributed by atoms with Crippen LogP contribution >= 0.6 is 0 Å². The van der Waals surface area contributed by atoms with Crippen molar-refractivity contribution in [3.05, 3.63) is 36.3 Å². The predicted octanol–water partition coefficient (Wildman–Crippen LogP) is 1.25. The molecule has 0 fully saturated rings. The lowest BCUT2D eigenvalue weighted by molar-refractivity contribution is 0.290. The molecule has 0 saturated carbocycles. The molecular formula is C8H14O2Si. The second-order valence-corrected chi connectivity index (χ2v) is 3.34. The molecule has 0 radical (unpaired) electrons. The molecule has 0 aromatic heterocycles. The van der Waals surface area contributed by atoms with Gasteiger partial charge in [-0.25, -0.2) is 0 Å². The summed E-state index contributed by atoms with van der Waals surface area (Å²) in [5.74, 6) is 1.33. The molecule has 2 nitrogen and oxygen atoms in total. The minimum atomic E-state index is 0.656. The van der Waals surface area contributed by atoms with Crippen molar-refractivity contribution in [1.29, 1.82) is 0 Å². The molecule has 0 rings (SSSR count). The molecule has 0 aromatic carbocycles. The summed E-state index contributed by atoms with van der Waals surface area (Å²) in [7, 11) is 0.804. The van der Waals surface area contributed by atoms with Gasteiger partial charge in [-0.05, 0) is 13.8 Å². The third kappa shape index (κ3) is 6.93. The Morgan fingerprint density at radius 1 is 1.27 bits per heavy atom. The van der Waals surface area contributed by atoms with Gasteiger partial charge in [-0.3, -0.25) is 0 Å². The molecular weight excluding hydrogens is 156 g/mol. The summed E-state index contributed by atoms with van der Waals surface area (Å²) in [5, 5.41) is 0.806. The van der Waals surface area contributed by atoms with E-state index in [1.54, 1.807) is 20.1 Å². The van der Waals surface area contributed by atoms with E-state index in [9.17, 15) is 0 Å². The second-order valence-electron chi connectivity index (χ2n) is 2.35. The van der Waals surface area contributed by atoms with Crippen LogP contribution in [0, 0.1) is 0 Å². The minimum absolute atomic E-state index is 0.656. The lowest BCUT2D eigenvalue weighted by atomic mass is 10.6.